The molecule has 2 aromatic rings. The lowest BCUT2D eigenvalue weighted by Gasteiger charge is -2.12. The normalized spacial score (nSPS) is 12.7. The van der Waals surface area contributed by atoms with Gasteiger partial charge in [0.15, 0.2) is 0 Å². The van der Waals surface area contributed by atoms with Gasteiger partial charge in [0, 0.05) is 18.9 Å². The second-order valence-electron chi connectivity index (χ2n) is 4.38. The first-order chi connectivity index (χ1) is 10.8. The maximum absolute atomic E-state index is 12.6. The average molecular weight is 347 g/mol. The molecule has 0 saturated carbocycles. The highest BCUT2D eigenvalue weighted by Crippen LogP contribution is 2.35. The molecule has 23 heavy (non-hydrogen) atoms. The number of hydrogen-bond acceptors (Lipinski definition) is 5. The van der Waals surface area contributed by atoms with Crippen LogP contribution in [0.4, 0.5) is 13.2 Å². The van der Waals surface area contributed by atoms with Crippen molar-refractivity contribution < 1.29 is 22.6 Å². The molecular weight excluding hydrogens is 337 g/mol. The molecule has 9 heteroatoms. The molecule has 0 aliphatic carbocycles. The molecule has 5 nitrogen and oxygen atoms in total. The Balaban J connectivity index is 2.26. The van der Waals surface area contributed by atoms with Crippen molar-refractivity contribution in [3.05, 3.63) is 57.6 Å². The smallest absolute Gasteiger partial charge is 0.417 e. The number of alkyl halides is 3. The molecule has 1 unspecified atom stereocenters. The van der Waals surface area contributed by atoms with Crippen LogP contribution in [0.1, 0.15) is 17.4 Å². The number of nitroso groups, excluding NO2 is 1. The fourth-order valence-electron chi connectivity index (χ4n) is 1.74. The molecule has 1 heterocycles. The zero-order valence-corrected chi connectivity index (χ0v) is 12.4. The topological polar surface area (TPSA) is 60.8 Å². The Bertz CT molecular complexity index is 710. The minimum absolute atomic E-state index is 0.190. The van der Waals surface area contributed by atoms with Crippen LogP contribution in [0.15, 0.2) is 41.7 Å². The molecule has 0 radical (unpaired) electrons. The van der Waals surface area contributed by atoms with Gasteiger partial charge in [0.2, 0.25) is 12.1 Å². The summed E-state index contributed by atoms with van der Waals surface area (Å²) < 4.78 is 47.9. The van der Waals surface area contributed by atoms with Crippen LogP contribution in [0, 0.1) is 4.91 Å². The van der Waals surface area contributed by atoms with Crippen LogP contribution < -0.4 is 4.74 Å². The summed E-state index contributed by atoms with van der Waals surface area (Å²) in [6.07, 6.45) is -4.94. The third-order valence-corrected chi connectivity index (χ3v) is 3.08. The van der Waals surface area contributed by atoms with Crippen LogP contribution >= 0.6 is 11.6 Å². The van der Waals surface area contributed by atoms with Gasteiger partial charge < -0.3 is 9.47 Å². The van der Waals surface area contributed by atoms with Crippen molar-refractivity contribution in [2.75, 3.05) is 7.11 Å². The van der Waals surface area contributed by atoms with E-state index in [9.17, 15) is 18.1 Å². The average Bonchev–Trinajstić information content (AvgIpc) is 2.50. The molecule has 0 saturated heterocycles. The van der Waals surface area contributed by atoms with Crippen molar-refractivity contribution in [2.24, 2.45) is 5.18 Å². The molecular formula is C14H10ClF3N2O3. The van der Waals surface area contributed by atoms with Gasteiger partial charge in [0.25, 0.3) is 0 Å². The Hall–Kier alpha value is -2.19. The lowest BCUT2D eigenvalue weighted by molar-refractivity contribution is -0.137. The van der Waals surface area contributed by atoms with E-state index in [2.05, 4.69) is 10.2 Å². The third kappa shape index (κ3) is 4.17. The van der Waals surface area contributed by atoms with Crippen molar-refractivity contribution in [2.45, 2.75) is 12.4 Å². The zero-order chi connectivity index (χ0) is 17.0. The fourth-order valence-corrected chi connectivity index (χ4v) is 1.94. The van der Waals surface area contributed by atoms with E-state index in [1.165, 1.54) is 19.2 Å². The first kappa shape index (κ1) is 17.2. The standard InChI is InChI=1S/C14H10ClF3N2O3/c1-22-12(20-21)8-3-2-4-10(5-8)23-13-11(15)6-9(7-19-13)14(16,17)18/h2-7,12H,1H3. The van der Waals surface area contributed by atoms with Gasteiger partial charge >= 0.3 is 6.18 Å². The van der Waals surface area contributed by atoms with Crippen LogP contribution in [0.2, 0.25) is 5.02 Å². The Morgan fingerprint density at radius 1 is 1.30 bits per heavy atom. The minimum Gasteiger partial charge on any atom is -0.438 e. The lowest BCUT2D eigenvalue weighted by atomic mass is 10.2. The number of pyridine rings is 1. The van der Waals surface area contributed by atoms with Gasteiger partial charge in [-0.2, -0.15) is 13.2 Å². The summed E-state index contributed by atoms with van der Waals surface area (Å²) in [6, 6.07) is 6.85. The molecule has 1 aromatic heterocycles. The maximum atomic E-state index is 12.6. The minimum atomic E-state index is -4.55. The first-order valence-corrected chi connectivity index (χ1v) is 6.58. The van der Waals surface area contributed by atoms with E-state index >= 15 is 0 Å². The number of hydrogen-bond donors (Lipinski definition) is 0. The van der Waals surface area contributed by atoms with E-state index in [1.54, 1.807) is 12.1 Å². The van der Waals surface area contributed by atoms with Gasteiger partial charge in [0.05, 0.1) is 5.56 Å². The highest BCUT2D eigenvalue weighted by Gasteiger charge is 2.31. The van der Waals surface area contributed by atoms with Gasteiger partial charge in [0.1, 0.15) is 10.8 Å². The van der Waals surface area contributed by atoms with Crippen molar-refractivity contribution in [1.29, 1.82) is 0 Å². The molecule has 0 aliphatic rings. The predicted octanol–water partition coefficient (Wildman–Crippen LogP) is 4.96. The summed E-state index contributed by atoms with van der Waals surface area (Å²) in [4.78, 5) is 14.2. The molecule has 0 fully saturated rings. The van der Waals surface area contributed by atoms with Crippen LogP contribution in [-0.2, 0) is 10.9 Å². The molecule has 0 bridgehead atoms. The Morgan fingerprint density at radius 2 is 2.04 bits per heavy atom. The number of rotatable bonds is 5. The van der Waals surface area contributed by atoms with Gasteiger partial charge in [-0.15, -0.1) is 4.91 Å². The molecule has 0 N–H and O–H groups in total. The Labute approximate surface area is 134 Å². The molecule has 0 amide bonds. The van der Waals surface area contributed by atoms with E-state index in [1.807, 2.05) is 0 Å². The van der Waals surface area contributed by atoms with Crippen molar-refractivity contribution >= 4 is 11.6 Å². The lowest BCUT2D eigenvalue weighted by Crippen LogP contribution is -2.05. The predicted molar refractivity (Wildman–Crippen MR) is 76.3 cm³/mol. The third-order valence-electron chi connectivity index (χ3n) is 2.81. The molecule has 1 aromatic carbocycles. The Kier molecular flexibility index (Phi) is 5.17. The highest BCUT2D eigenvalue weighted by atomic mass is 35.5. The van der Waals surface area contributed by atoms with Crippen molar-refractivity contribution in [3.8, 4) is 11.6 Å². The van der Waals surface area contributed by atoms with Crippen LogP contribution in [0.25, 0.3) is 0 Å². The number of benzene rings is 1. The van der Waals surface area contributed by atoms with E-state index < -0.39 is 18.0 Å². The van der Waals surface area contributed by atoms with Crippen LogP contribution in [0.5, 0.6) is 11.6 Å². The number of methoxy groups -OCH3 is 1. The van der Waals surface area contributed by atoms with Gasteiger partial charge in [-0.25, -0.2) is 4.98 Å². The number of aromatic nitrogens is 1. The second-order valence-corrected chi connectivity index (χ2v) is 4.78. The van der Waals surface area contributed by atoms with E-state index in [0.717, 1.165) is 6.07 Å². The molecule has 1 atom stereocenters. The number of halogens is 4. The van der Waals surface area contributed by atoms with Gasteiger partial charge in [-0.1, -0.05) is 23.7 Å². The van der Waals surface area contributed by atoms with E-state index in [-0.39, 0.29) is 16.7 Å². The second kappa shape index (κ2) is 6.93. The summed E-state index contributed by atoms with van der Waals surface area (Å²) in [7, 11) is 1.31. The molecule has 2 rings (SSSR count). The van der Waals surface area contributed by atoms with Gasteiger partial charge in [-0.3, -0.25) is 0 Å². The zero-order valence-electron chi connectivity index (χ0n) is 11.7. The summed E-state index contributed by atoms with van der Waals surface area (Å²) in [5, 5.41) is 2.50. The SMILES string of the molecule is COC(N=O)c1cccc(Oc2ncc(C(F)(F)F)cc2Cl)c1. The summed E-state index contributed by atoms with van der Waals surface area (Å²) in [5.41, 5.74) is -0.559. The van der Waals surface area contributed by atoms with Crippen LogP contribution in [0.3, 0.4) is 0 Å². The molecule has 0 spiro atoms. The monoisotopic (exact) mass is 346 g/mol. The molecule has 122 valence electrons. The largest absolute Gasteiger partial charge is 0.438 e. The maximum Gasteiger partial charge on any atom is 0.417 e. The summed E-state index contributed by atoms with van der Waals surface area (Å²) in [5.74, 6) is 0.0344. The van der Waals surface area contributed by atoms with Crippen molar-refractivity contribution in [3.63, 3.8) is 0 Å². The number of ether oxygens (including phenoxy) is 2. The quantitative estimate of drug-likeness (QED) is 0.718. The first-order valence-electron chi connectivity index (χ1n) is 6.21. The van der Waals surface area contributed by atoms with E-state index in [4.69, 9.17) is 21.1 Å². The van der Waals surface area contributed by atoms with Gasteiger partial charge in [-0.05, 0) is 23.4 Å². The van der Waals surface area contributed by atoms with Crippen LogP contribution in [-0.4, -0.2) is 12.1 Å². The fraction of sp³-hybridized carbons (Fsp3) is 0.214. The summed E-state index contributed by atoms with van der Waals surface area (Å²) in [6.45, 7) is 0. The highest BCUT2D eigenvalue weighted by molar-refractivity contribution is 6.31. The summed E-state index contributed by atoms with van der Waals surface area (Å²) >= 11 is 5.76. The van der Waals surface area contributed by atoms with E-state index in [0.29, 0.717) is 11.8 Å². The van der Waals surface area contributed by atoms with Crippen molar-refractivity contribution in [1.82, 2.24) is 4.98 Å². The number of nitrogens with zero attached hydrogens (tertiary/aromatic N) is 2. The molecule has 0 aliphatic heterocycles. The Morgan fingerprint density at radius 3 is 2.61 bits per heavy atom.